The van der Waals surface area contributed by atoms with Crippen LogP contribution in [0.25, 0.3) is 0 Å². The lowest BCUT2D eigenvalue weighted by Crippen LogP contribution is -2.48. The van der Waals surface area contributed by atoms with E-state index in [-0.39, 0.29) is 11.3 Å². The van der Waals surface area contributed by atoms with Gasteiger partial charge in [-0.2, -0.15) is 0 Å². The van der Waals surface area contributed by atoms with Gasteiger partial charge in [0.05, 0.1) is 0 Å². The van der Waals surface area contributed by atoms with Crippen LogP contribution in [0.3, 0.4) is 0 Å². The number of hydrogen-bond acceptors (Lipinski definition) is 1. The molecule has 0 aromatic heterocycles. The van der Waals surface area contributed by atoms with Crippen molar-refractivity contribution < 1.29 is 4.79 Å². The molecule has 0 amide bonds. The molecule has 0 bridgehead atoms. The molecular formula is C12H14O. The summed E-state index contributed by atoms with van der Waals surface area (Å²) in [4.78, 5) is 11.2. The average molecular weight is 174 g/mol. The summed E-state index contributed by atoms with van der Waals surface area (Å²) < 4.78 is 0. The van der Waals surface area contributed by atoms with Gasteiger partial charge in [0.25, 0.3) is 0 Å². The molecule has 1 fully saturated rings. The Balaban J connectivity index is 2.33. The van der Waals surface area contributed by atoms with Gasteiger partial charge in [-0.15, -0.1) is 0 Å². The molecule has 0 aliphatic heterocycles. The van der Waals surface area contributed by atoms with Crippen molar-refractivity contribution in [1.29, 1.82) is 0 Å². The molecule has 1 heteroatoms. The van der Waals surface area contributed by atoms with Crippen molar-refractivity contribution in [2.45, 2.75) is 25.7 Å². The van der Waals surface area contributed by atoms with Gasteiger partial charge in [-0.05, 0) is 5.56 Å². The van der Waals surface area contributed by atoms with Crippen molar-refractivity contribution in [3.63, 3.8) is 0 Å². The molecule has 1 nitrogen and oxygen atoms in total. The minimum absolute atomic E-state index is 0.0956. The summed E-state index contributed by atoms with van der Waals surface area (Å²) >= 11 is 0. The Morgan fingerprint density at radius 2 is 1.92 bits per heavy atom. The largest absolute Gasteiger partial charge is 0.299 e. The number of rotatable bonds is 1. The van der Waals surface area contributed by atoms with Crippen molar-refractivity contribution in [3.8, 4) is 0 Å². The van der Waals surface area contributed by atoms with Crippen LogP contribution in [0.5, 0.6) is 0 Å². The normalized spacial score (nSPS) is 32.8. The van der Waals surface area contributed by atoms with Gasteiger partial charge in [0.1, 0.15) is 5.78 Å². The van der Waals surface area contributed by atoms with Crippen LogP contribution in [0, 0.1) is 5.92 Å². The maximum Gasteiger partial charge on any atom is 0.137 e. The highest BCUT2D eigenvalue weighted by atomic mass is 16.1. The Labute approximate surface area is 78.8 Å². The van der Waals surface area contributed by atoms with Crippen LogP contribution in [0.4, 0.5) is 0 Å². The van der Waals surface area contributed by atoms with Gasteiger partial charge >= 0.3 is 0 Å². The molecule has 2 atom stereocenters. The Bertz CT molecular complexity index is 328. The van der Waals surface area contributed by atoms with E-state index >= 15 is 0 Å². The topological polar surface area (TPSA) is 17.1 Å². The quantitative estimate of drug-likeness (QED) is 0.639. The highest BCUT2D eigenvalue weighted by Gasteiger charge is 2.47. The number of carbonyl (C=O) groups is 1. The maximum absolute atomic E-state index is 11.2. The van der Waals surface area contributed by atoms with E-state index in [0.717, 1.165) is 0 Å². The molecule has 1 aromatic rings. The van der Waals surface area contributed by atoms with E-state index in [4.69, 9.17) is 0 Å². The summed E-state index contributed by atoms with van der Waals surface area (Å²) in [6.45, 7) is 4.20. The average Bonchev–Trinajstić information content (AvgIpc) is 2.19. The summed E-state index contributed by atoms with van der Waals surface area (Å²) in [6, 6.07) is 10.3. The summed E-state index contributed by atoms with van der Waals surface area (Å²) in [6.07, 6.45) is 0.707. The van der Waals surface area contributed by atoms with Crippen LogP contribution in [0.1, 0.15) is 25.8 Å². The van der Waals surface area contributed by atoms with Crippen LogP contribution >= 0.6 is 0 Å². The Morgan fingerprint density at radius 1 is 1.31 bits per heavy atom. The fourth-order valence-electron chi connectivity index (χ4n) is 2.06. The van der Waals surface area contributed by atoms with Gasteiger partial charge in [-0.1, -0.05) is 44.2 Å². The summed E-state index contributed by atoms with van der Waals surface area (Å²) in [5.74, 6) is 0.584. The van der Waals surface area contributed by atoms with E-state index in [2.05, 4.69) is 19.1 Å². The van der Waals surface area contributed by atoms with Gasteiger partial charge in [-0.25, -0.2) is 0 Å². The third kappa shape index (κ3) is 1.11. The molecule has 0 radical (unpaired) electrons. The SMILES string of the molecule is C[C@@H]1C(=O)C[C@]1(C)c1ccccc1. The zero-order valence-corrected chi connectivity index (χ0v) is 8.08. The molecule has 0 spiro atoms. The minimum Gasteiger partial charge on any atom is -0.299 e. The zero-order valence-electron chi connectivity index (χ0n) is 8.08. The number of hydrogen-bond donors (Lipinski definition) is 0. The number of carbonyl (C=O) groups excluding carboxylic acids is 1. The van der Waals surface area contributed by atoms with Crippen molar-refractivity contribution in [3.05, 3.63) is 35.9 Å². The van der Waals surface area contributed by atoms with Crippen molar-refractivity contribution >= 4 is 5.78 Å². The molecule has 1 aliphatic carbocycles. The number of benzene rings is 1. The molecule has 68 valence electrons. The van der Waals surface area contributed by atoms with Crippen LogP contribution in [0.2, 0.25) is 0 Å². The lowest BCUT2D eigenvalue weighted by Gasteiger charge is -2.44. The molecule has 0 N–H and O–H groups in total. The smallest absolute Gasteiger partial charge is 0.137 e. The number of Topliss-reactive ketones (excluding diaryl/α,β-unsaturated/α-hetero) is 1. The maximum atomic E-state index is 11.2. The van der Waals surface area contributed by atoms with Crippen LogP contribution in [-0.4, -0.2) is 5.78 Å². The molecule has 1 saturated carbocycles. The van der Waals surface area contributed by atoms with Crippen molar-refractivity contribution in [2.24, 2.45) is 5.92 Å². The lowest BCUT2D eigenvalue weighted by atomic mass is 9.58. The van der Waals surface area contributed by atoms with Crippen molar-refractivity contribution in [2.75, 3.05) is 0 Å². The Morgan fingerprint density at radius 3 is 2.38 bits per heavy atom. The summed E-state index contributed by atoms with van der Waals surface area (Å²) in [5, 5.41) is 0. The fourth-order valence-corrected chi connectivity index (χ4v) is 2.06. The first-order valence-electron chi connectivity index (χ1n) is 4.73. The van der Waals surface area contributed by atoms with Crippen LogP contribution < -0.4 is 0 Å². The summed E-state index contributed by atoms with van der Waals surface area (Å²) in [5.41, 5.74) is 1.39. The molecule has 0 saturated heterocycles. The van der Waals surface area contributed by atoms with Gasteiger partial charge in [0, 0.05) is 17.8 Å². The second kappa shape index (κ2) is 2.69. The van der Waals surface area contributed by atoms with E-state index in [0.29, 0.717) is 12.2 Å². The molecule has 0 heterocycles. The van der Waals surface area contributed by atoms with E-state index in [1.165, 1.54) is 5.56 Å². The van der Waals surface area contributed by atoms with E-state index in [1.807, 2.05) is 25.1 Å². The monoisotopic (exact) mass is 174 g/mol. The number of ketones is 1. The molecule has 0 unspecified atom stereocenters. The highest BCUT2D eigenvalue weighted by molar-refractivity contribution is 5.90. The molecule has 1 aromatic carbocycles. The first-order chi connectivity index (χ1) is 6.14. The van der Waals surface area contributed by atoms with Gasteiger partial charge < -0.3 is 0 Å². The molecule has 2 rings (SSSR count). The third-order valence-corrected chi connectivity index (χ3v) is 3.41. The minimum atomic E-state index is 0.0956. The highest BCUT2D eigenvalue weighted by Crippen LogP contribution is 2.45. The van der Waals surface area contributed by atoms with Crippen LogP contribution in [0.15, 0.2) is 30.3 Å². The van der Waals surface area contributed by atoms with E-state index < -0.39 is 0 Å². The zero-order chi connectivity index (χ0) is 9.47. The van der Waals surface area contributed by atoms with Crippen molar-refractivity contribution in [1.82, 2.24) is 0 Å². The predicted molar refractivity (Wildman–Crippen MR) is 52.6 cm³/mol. The first kappa shape index (κ1) is 8.49. The molecule has 1 aliphatic rings. The Hall–Kier alpha value is -1.11. The van der Waals surface area contributed by atoms with Gasteiger partial charge in [-0.3, -0.25) is 4.79 Å². The second-order valence-corrected chi connectivity index (χ2v) is 4.15. The first-order valence-corrected chi connectivity index (χ1v) is 4.73. The summed E-state index contributed by atoms with van der Waals surface area (Å²) in [7, 11) is 0. The third-order valence-electron chi connectivity index (χ3n) is 3.41. The van der Waals surface area contributed by atoms with E-state index in [1.54, 1.807) is 0 Å². The molecular weight excluding hydrogens is 160 g/mol. The lowest BCUT2D eigenvalue weighted by molar-refractivity contribution is -0.134. The second-order valence-electron chi connectivity index (χ2n) is 4.15. The molecule has 13 heavy (non-hydrogen) atoms. The van der Waals surface area contributed by atoms with Gasteiger partial charge in [0.15, 0.2) is 0 Å². The standard InChI is InChI=1S/C12H14O/c1-9-11(13)8-12(9,2)10-6-4-3-5-7-10/h3-7,9H,8H2,1-2H3/t9-,12+/m1/s1. The van der Waals surface area contributed by atoms with E-state index in [9.17, 15) is 4.79 Å². The van der Waals surface area contributed by atoms with Gasteiger partial charge in [0.2, 0.25) is 0 Å². The Kier molecular flexibility index (Phi) is 1.76. The fraction of sp³-hybridized carbons (Fsp3) is 0.417. The van der Waals surface area contributed by atoms with Crippen LogP contribution in [-0.2, 0) is 10.2 Å². The predicted octanol–water partition coefficient (Wildman–Crippen LogP) is 2.55.